The van der Waals surface area contributed by atoms with Crippen molar-refractivity contribution in [1.29, 1.82) is 0 Å². The van der Waals surface area contributed by atoms with Gasteiger partial charge in [-0.3, -0.25) is 4.79 Å². The van der Waals surface area contributed by atoms with Gasteiger partial charge in [-0.25, -0.2) is 4.79 Å². The lowest BCUT2D eigenvalue weighted by Gasteiger charge is -2.22. The zero-order valence-corrected chi connectivity index (χ0v) is 11.3. The average molecular weight is 262 g/mol. The Bertz CT molecular complexity index is 654. The lowest BCUT2D eigenvalue weighted by atomic mass is 10.1. The molecule has 1 heterocycles. The molecule has 6 heteroatoms. The van der Waals surface area contributed by atoms with Crippen molar-refractivity contribution >= 4 is 16.9 Å². The molecule has 0 radical (unpaired) electrons. The second-order valence-corrected chi connectivity index (χ2v) is 5.02. The number of H-pyrrole nitrogens is 2. The van der Waals surface area contributed by atoms with E-state index in [1.54, 1.807) is 7.05 Å². The van der Waals surface area contributed by atoms with Crippen LogP contribution in [-0.2, 0) is 11.3 Å². The molecular formula is C13H18N4O2. The van der Waals surface area contributed by atoms with Gasteiger partial charge < -0.3 is 20.6 Å². The third-order valence-electron chi connectivity index (χ3n) is 3.23. The van der Waals surface area contributed by atoms with E-state index < -0.39 is 5.54 Å². The van der Waals surface area contributed by atoms with Gasteiger partial charge in [0.15, 0.2) is 0 Å². The van der Waals surface area contributed by atoms with Crippen LogP contribution in [0.3, 0.4) is 0 Å². The van der Waals surface area contributed by atoms with Gasteiger partial charge in [-0.05, 0) is 38.6 Å². The predicted octanol–water partition coefficient (Wildman–Crippen LogP) is 0.470. The summed E-state index contributed by atoms with van der Waals surface area (Å²) in [6.07, 6.45) is 0. The van der Waals surface area contributed by atoms with Crippen molar-refractivity contribution in [1.82, 2.24) is 20.6 Å². The zero-order chi connectivity index (χ0) is 14.0. The maximum Gasteiger partial charge on any atom is 0.323 e. The Morgan fingerprint density at radius 2 is 1.95 bits per heavy atom. The molecule has 6 nitrogen and oxygen atoms in total. The van der Waals surface area contributed by atoms with E-state index in [9.17, 15) is 9.59 Å². The van der Waals surface area contributed by atoms with Crippen molar-refractivity contribution in [2.24, 2.45) is 0 Å². The smallest absolute Gasteiger partial charge is 0.323 e. The average Bonchev–Trinajstić information content (AvgIpc) is 2.74. The first-order chi connectivity index (χ1) is 8.92. The highest BCUT2D eigenvalue weighted by Crippen LogP contribution is 2.10. The van der Waals surface area contributed by atoms with E-state index >= 15 is 0 Å². The Balaban J connectivity index is 2.10. The molecule has 0 aliphatic heterocycles. The molecule has 2 rings (SSSR count). The van der Waals surface area contributed by atoms with Gasteiger partial charge in [0.25, 0.3) is 0 Å². The highest BCUT2D eigenvalue weighted by Gasteiger charge is 2.24. The largest absolute Gasteiger partial charge is 0.350 e. The van der Waals surface area contributed by atoms with Crippen LogP contribution in [0, 0.1) is 0 Å². The number of carbonyl (C=O) groups excluding carboxylic acids is 1. The minimum absolute atomic E-state index is 0.0716. The molecule has 0 aliphatic carbocycles. The van der Waals surface area contributed by atoms with Gasteiger partial charge in [0.05, 0.1) is 16.6 Å². The molecule has 0 aliphatic rings. The summed E-state index contributed by atoms with van der Waals surface area (Å²) in [6, 6.07) is 5.54. The van der Waals surface area contributed by atoms with E-state index in [2.05, 4.69) is 20.6 Å². The van der Waals surface area contributed by atoms with E-state index in [4.69, 9.17) is 0 Å². The Hall–Kier alpha value is -2.08. The molecule has 19 heavy (non-hydrogen) atoms. The Morgan fingerprint density at radius 1 is 1.26 bits per heavy atom. The first-order valence-corrected chi connectivity index (χ1v) is 6.10. The maximum absolute atomic E-state index is 11.9. The van der Waals surface area contributed by atoms with E-state index in [1.165, 1.54) is 0 Å². The number of hydrogen-bond acceptors (Lipinski definition) is 3. The van der Waals surface area contributed by atoms with Crippen LogP contribution in [0.1, 0.15) is 19.4 Å². The number of hydrogen-bond donors (Lipinski definition) is 4. The summed E-state index contributed by atoms with van der Waals surface area (Å²) in [5.74, 6) is -0.0716. The molecule has 2 aromatic rings. The van der Waals surface area contributed by atoms with E-state index in [0.717, 1.165) is 16.6 Å². The molecule has 0 atom stereocenters. The second kappa shape index (κ2) is 4.89. The summed E-state index contributed by atoms with van der Waals surface area (Å²) < 4.78 is 0. The number of aromatic nitrogens is 2. The van der Waals surface area contributed by atoms with Crippen molar-refractivity contribution < 1.29 is 4.79 Å². The molecule has 0 bridgehead atoms. The lowest BCUT2D eigenvalue weighted by molar-refractivity contribution is -0.126. The molecule has 0 saturated heterocycles. The maximum atomic E-state index is 11.9. The fourth-order valence-electron chi connectivity index (χ4n) is 1.71. The van der Waals surface area contributed by atoms with Crippen LogP contribution < -0.4 is 16.3 Å². The number of nitrogens with one attached hydrogen (secondary N) is 4. The third kappa shape index (κ3) is 2.85. The number of aromatic amines is 2. The number of carbonyl (C=O) groups is 1. The molecule has 4 N–H and O–H groups in total. The molecular weight excluding hydrogens is 244 g/mol. The molecule has 1 amide bonds. The normalized spacial score (nSPS) is 11.7. The van der Waals surface area contributed by atoms with Gasteiger partial charge in [0.1, 0.15) is 0 Å². The van der Waals surface area contributed by atoms with Crippen LogP contribution in [0.4, 0.5) is 0 Å². The predicted molar refractivity (Wildman–Crippen MR) is 73.9 cm³/mol. The Kier molecular flexibility index (Phi) is 3.44. The van der Waals surface area contributed by atoms with Crippen molar-refractivity contribution in [2.75, 3.05) is 7.05 Å². The number of fused-ring (bicyclic) bond motifs is 1. The highest BCUT2D eigenvalue weighted by molar-refractivity contribution is 5.85. The van der Waals surface area contributed by atoms with E-state index in [1.807, 2.05) is 32.0 Å². The molecule has 0 unspecified atom stereocenters. The summed E-state index contributed by atoms with van der Waals surface area (Å²) in [7, 11) is 1.75. The number of likely N-dealkylation sites (N-methyl/N-ethyl adjacent to an activating group) is 1. The molecule has 0 fully saturated rings. The summed E-state index contributed by atoms with van der Waals surface area (Å²) in [5, 5.41) is 5.80. The third-order valence-corrected chi connectivity index (χ3v) is 3.23. The molecule has 1 aromatic carbocycles. The fourth-order valence-corrected chi connectivity index (χ4v) is 1.71. The van der Waals surface area contributed by atoms with Crippen molar-refractivity contribution in [3.05, 3.63) is 34.2 Å². The number of benzene rings is 1. The topological polar surface area (TPSA) is 89.8 Å². The van der Waals surface area contributed by atoms with Gasteiger partial charge >= 0.3 is 5.69 Å². The van der Waals surface area contributed by atoms with Gasteiger partial charge in [0.2, 0.25) is 5.91 Å². The van der Waals surface area contributed by atoms with E-state index in [-0.39, 0.29) is 11.6 Å². The quantitative estimate of drug-likeness (QED) is 0.645. The Morgan fingerprint density at radius 3 is 2.63 bits per heavy atom. The molecule has 1 aromatic heterocycles. The van der Waals surface area contributed by atoms with Crippen molar-refractivity contribution in [3.63, 3.8) is 0 Å². The van der Waals surface area contributed by atoms with Gasteiger partial charge in [0, 0.05) is 6.54 Å². The highest BCUT2D eigenvalue weighted by atomic mass is 16.2. The number of amides is 1. The van der Waals surface area contributed by atoms with E-state index in [0.29, 0.717) is 6.54 Å². The SMILES string of the molecule is CNC(C)(C)C(=O)NCc1ccc2[nH]c(=O)[nH]c2c1. The minimum atomic E-state index is -0.605. The van der Waals surface area contributed by atoms with Crippen LogP contribution in [0.15, 0.2) is 23.0 Å². The van der Waals surface area contributed by atoms with Crippen LogP contribution >= 0.6 is 0 Å². The summed E-state index contributed by atoms with van der Waals surface area (Å²) in [5.41, 5.74) is 1.60. The summed E-state index contributed by atoms with van der Waals surface area (Å²) in [6.45, 7) is 4.05. The van der Waals surface area contributed by atoms with Crippen LogP contribution in [0.2, 0.25) is 0 Å². The lowest BCUT2D eigenvalue weighted by Crippen LogP contribution is -2.50. The number of imidazole rings is 1. The first-order valence-electron chi connectivity index (χ1n) is 6.10. The van der Waals surface area contributed by atoms with Crippen molar-refractivity contribution in [2.45, 2.75) is 25.9 Å². The monoisotopic (exact) mass is 262 g/mol. The molecule has 102 valence electrons. The van der Waals surface area contributed by atoms with Crippen molar-refractivity contribution in [3.8, 4) is 0 Å². The van der Waals surface area contributed by atoms with Gasteiger partial charge in [-0.2, -0.15) is 0 Å². The van der Waals surface area contributed by atoms with Crippen LogP contribution in [0.5, 0.6) is 0 Å². The fraction of sp³-hybridized carbons (Fsp3) is 0.385. The zero-order valence-electron chi connectivity index (χ0n) is 11.3. The second-order valence-electron chi connectivity index (χ2n) is 5.02. The van der Waals surface area contributed by atoms with Gasteiger partial charge in [-0.1, -0.05) is 6.07 Å². The van der Waals surface area contributed by atoms with Gasteiger partial charge in [-0.15, -0.1) is 0 Å². The molecule has 0 spiro atoms. The standard InChI is InChI=1S/C13H18N4O2/c1-13(2,14-3)11(18)15-7-8-4-5-9-10(6-8)17-12(19)16-9/h4-6,14H,7H2,1-3H3,(H,15,18)(H2,16,17,19). The molecule has 0 saturated carbocycles. The van der Waals surface area contributed by atoms with Crippen LogP contribution in [0.25, 0.3) is 11.0 Å². The Labute approximate surface area is 110 Å². The summed E-state index contributed by atoms with van der Waals surface area (Å²) in [4.78, 5) is 28.4. The first kappa shape index (κ1) is 13.4. The summed E-state index contributed by atoms with van der Waals surface area (Å²) >= 11 is 0. The minimum Gasteiger partial charge on any atom is -0.350 e. The number of rotatable bonds is 4. The van der Waals surface area contributed by atoms with Crippen LogP contribution in [-0.4, -0.2) is 28.5 Å².